The van der Waals surface area contributed by atoms with Gasteiger partial charge in [0.25, 0.3) is 11.3 Å². The highest BCUT2D eigenvalue weighted by atomic mass is 79.9. The van der Waals surface area contributed by atoms with Gasteiger partial charge < -0.3 is 0 Å². The summed E-state index contributed by atoms with van der Waals surface area (Å²) in [5, 5.41) is 0. The molecule has 6 heteroatoms. The van der Waals surface area contributed by atoms with Gasteiger partial charge in [0.2, 0.25) is 0 Å². The molecular weight excluding hydrogens is 238 g/mol. The molecule has 0 radical (unpaired) electrons. The lowest BCUT2D eigenvalue weighted by atomic mass is 13.9. The van der Waals surface area contributed by atoms with Crippen molar-refractivity contribution in [3.8, 4) is 0 Å². The first-order chi connectivity index (χ1) is 2.64. The molecule has 1 N–H and O–H groups in total. The second-order valence-electron chi connectivity index (χ2n) is 0.433. The second kappa shape index (κ2) is 3.09. The largest absolute Gasteiger partial charge is 0.292 e. The summed E-state index contributed by atoms with van der Waals surface area (Å²) in [5.74, 6) is 0. The minimum atomic E-state index is -1.95. The van der Waals surface area contributed by atoms with Gasteiger partial charge in [0.1, 0.15) is 0 Å². The van der Waals surface area contributed by atoms with Crippen LogP contribution in [0.25, 0.3) is 0 Å². The van der Waals surface area contributed by atoms with Gasteiger partial charge in [-0.3, -0.25) is 4.55 Å². The molecule has 38 valence electrons. The van der Waals surface area contributed by atoms with E-state index in [1.54, 1.807) is 0 Å². The lowest BCUT2D eigenvalue weighted by Crippen LogP contribution is -1.97. The Kier molecular flexibility index (Phi) is 3.62. The van der Waals surface area contributed by atoms with E-state index in [2.05, 4.69) is 32.3 Å². The molecule has 0 saturated heterocycles. The van der Waals surface area contributed by atoms with Crippen LogP contribution in [0.4, 0.5) is 0 Å². The van der Waals surface area contributed by atoms with E-state index in [9.17, 15) is 4.21 Å². The maximum absolute atomic E-state index is 9.64. The molecular formula is HBr2NO2S. The summed E-state index contributed by atoms with van der Waals surface area (Å²) in [4.78, 5) is 0. The number of hydrogen-bond donors (Lipinski definition) is 1. The van der Waals surface area contributed by atoms with Crippen molar-refractivity contribution in [3.05, 3.63) is 0 Å². The monoisotopic (exact) mass is 237 g/mol. The molecule has 0 spiro atoms. The Morgan fingerprint density at radius 1 is 1.67 bits per heavy atom. The highest BCUT2D eigenvalue weighted by Gasteiger charge is 1.96. The van der Waals surface area contributed by atoms with E-state index < -0.39 is 11.3 Å². The molecule has 0 amide bonds. The summed E-state index contributed by atoms with van der Waals surface area (Å²) < 4.78 is 18.4. The molecule has 0 saturated carbocycles. The first-order valence-electron chi connectivity index (χ1n) is 0.870. The van der Waals surface area contributed by atoms with Crippen molar-refractivity contribution < 1.29 is 8.76 Å². The van der Waals surface area contributed by atoms with Gasteiger partial charge in [0, 0.05) is 32.3 Å². The predicted molar refractivity (Wildman–Crippen MR) is 30.5 cm³/mol. The molecule has 0 aromatic heterocycles. The lowest BCUT2D eigenvalue weighted by molar-refractivity contribution is 0.552. The third-order valence-electron chi connectivity index (χ3n) is 0.118. The fourth-order valence-corrected chi connectivity index (χ4v) is 0. The van der Waals surface area contributed by atoms with Crippen LogP contribution in [-0.4, -0.2) is 11.1 Å². The molecule has 6 heavy (non-hydrogen) atoms. The van der Waals surface area contributed by atoms with Crippen molar-refractivity contribution in [2.24, 2.45) is 0 Å². The molecule has 3 nitrogen and oxygen atoms in total. The summed E-state index contributed by atoms with van der Waals surface area (Å²) in [6.45, 7) is 0. The molecule has 0 aliphatic rings. The Bertz CT molecular complexity index is 62.6. The van der Waals surface area contributed by atoms with E-state index in [1.165, 1.54) is 0 Å². The molecule has 0 aliphatic carbocycles. The van der Waals surface area contributed by atoms with E-state index in [1.807, 2.05) is 0 Å². The third-order valence-corrected chi connectivity index (χ3v) is 1.84. The number of hydrogen-bond acceptors (Lipinski definition) is 1. The van der Waals surface area contributed by atoms with Crippen molar-refractivity contribution >= 4 is 43.6 Å². The number of halogens is 2. The summed E-state index contributed by atoms with van der Waals surface area (Å²) in [5.41, 5.74) is 0. The van der Waals surface area contributed by atoms with Crippen molar-refractivity contribution in [1.82, 2.24) is 2.36 Å². The maximum Gasteiger partial charge on any atom is 0.255 e. The second-order valence-corrected chi connectivity index (χ2v) is 4.57. The standard InChI is InChI=1S/Br2HNO2S/c1-3(2)6(4)5/h(H,4,5). The van der Waals surface area contributed by atoms with Gasteiger partial charge in [-0.15, -0.1) is 0 Å². The van der Waals surface area contributed by atoms with Gasteiger partial charge in [0.05, 0.1) is 0 Å². The summed E-state index contributed by atoms with van der Waals surface area (Å²) >= 11 is 3.33. The van der Waals surface area contributed by atoms with E-state index in [4.69, 9.17) is 4.55 Å². The van der Waals surface area contributed by atoms with Gasteiger partial charge in [-0.2, -0.15) is 0 Å². The highest BCUT2D eigenvalue weighted by molar-refractivity contribution is 9.22. The van der Waals surface area contributed by atoms with Crippen LogP contribution in [0.2, 0.25) is 0 Å². The van der Waals surface area contributed by atoms with E-state index >= 15 is 0 Å². The van der Waals surface area contributed by atoms with Crippen LogP contribution < -0.4 is 0 Å². The summed E-state index contributed by atoms with van der Waals surface area (Å²) in [6.07, 6.45) is 0. The number of rotatable bonds is 1. The fourth-order valence-electron chi connectivity index (χ4n) is 0. The minimum Gasteiger partial charge on any atom is -0.292 e. The van der Waals surface area contributed by atoms with Crippen molar-refractivity contribution in [1.29, 1.82) is 0 Å². The molecule has 0 aromatic carbocycles. The highest BCUT2D eigenvalue weighted by Crippen LogP contribution is 2.05. The summed E-state index contributed by atoms with van der Waals surface area (Å²) in [7, 11) is 0. The Morgan fingerprint density at radius 2 is 1.83 bits per heavy atom. The average Bonchev–Trinajstić information content (AvgIpc) is 1.36. The van der Waals surface area contributed by atoms with Gasteiger partial charge >= 0.3 is 0 Å². The lowest BCUT2D eigenvalue weighted by Gasteiger charge is -1.90. The van der Waals surface area contributed by atoms with Crippen molar-refractivity contribution in [2.75, 3.05) is 0 Å². The molecule has 0 fully saturated rings. The molecule has 0 aliphatic heterocycles. The fraction of sp³-hybridized carbons (Fsp3) is 0. The molecule has 0 bridgehead atoms. The van der Waals surface area contributed by atoms with E-state index in [0.717, 1.165) is 2.36 Å². The Hall–Kier alpha value is 1.03. The van der Waals surface area contributed by atoms with Gasteiger partial charge in [-0.25, -0.2) is 4.21 Å². The zero-order valence-corrected chi connectivity index (χ0v) is 6.46. The van der Waals surface area contributed by atoms with Crippen LogP contribution in [0.1, 0.15) is 0 Å². The summed E-state index contributed by atoms with van der Waals surface area (Å²) in [6, 6.07) is 0. The smallest absolute Gasteiger partial charge is 0.255 e. The van der Waals surface area contributed by atoms with Crippen molar-refractivity contribution in [3.63, 3.8) is 0 Å². The van der Waals surface area contributed by atoms with Crippen molar-refractivity contribution in [2.45, 2.75) is 0 Å². The van der Waals surface area contributed by atoms with Crippen LogP contribution in [0, 0.1) is 0 Å². The predicted octanol–water partition coefficient (Wildman–Crippen LogP) is 1.04. The molecule has 1 atom stereocenters. The quantitative estimate of drug-likeness (QED) is 0.548. The Balaban J connectivity index is 3.26. The maximum atomic E-state index is 9.64. The average molecular weight is 239 g/mol. The zero-order chi connectivity index (χ0) is 5.15. The SMILES string of the molecule is O=S(O)N(Br)Br. The van der Waals surface area contributed by atoms with E-state index in [0.29, 0.717) is 0 Å². The molecule has 1 unspecified atom stereocenters. The minimum absolute atomic E-state index is 0.819. The van der Waals surface area contributed by atoms with Crippen LogP contribution in [0.3, 0.4) is 0 Å². The Labute approximate surface area is 54.8 Å². The van der Waals surface area contributed by atoms with Crippen LogP contribution in [0.15, 0.2) is 0 Å². The van der Waals surface area contributed by atoms with E-state index in [-0.39, 0.29) is 0 Å². The van der Waals surface area contributed by atoms with Crippen LogP contribution in [0.5, 0.6) is 0 Å². The first kappa shape index (κ1) is 7.03. The Morgan fingerprint density at radius 3 is 1.83 bits per heavy atom. The first-order valence-corrected chi connectivity index (χ1v) is 3.35. The topological polar surface area (TPSA) is 40.5 Å². The zero-order valence-electron chi connectivity index (χ0n) is 2.47. The molecule has 0 aromatic rings. The molecule has 0 rings (SSSR count). The van der Waals surface area contributed by atoms with Gasteiger partial charge in [0.15, 0.2) is 0 Å². The number of nitrogens with zero attached hydrogens (tertiary/aromatic N) is 1. The van der Waals surface area contributed by atoms with Gasteiger partial charge in [-0.05, 0) is 0 Å². The van der Waals surface area contributed by atoms with Gasteiger partial charge in [-0.1, -0.05) is 2.36 Å². The van der Waals surface area contributed by atoms with Crippen LogP contribution in [-0.2, 0) is 11.3 Å². The normalized spacial score (nSPS) is 15.3. The molecule has 0 heterocycles. The third kappa shape index (κ3) is 3.23. The van der Waals surface area contributed by atoms with Crippen LogP contribution >= 0.6 is 32.3 Å².